The first-order valence-electron chi connectivity index (χ1n) is 7.79. The second kappa shape index (κ2) is 8.44. The van der Waals surface area contributed by atoms with Crippen LogP contribution in [-0.4, -0.2) is 27.4 Å². The van der Waals surface area contributed by atoms with E-state index in [1.165, 1.54) is 5.56 Å². The zero-order chi connectivity index (χ0) is 16.7. The van der Waals surface area contributed by atoms with Gasteiger partial charge in [0.2, 0.25) is 0 Å². The highest BCUT2D eigenvalue weighted by Gasteiger charge is 2.16. The van der Waals surface area contributed by atoms with Crippen LogP contribution < -0.4 is 19.9 Å². The molecule has 4 heteroatoms. The maximum atomic E-state index is 5.97. The lowest BCUT2D eigenvalue weighted by Gasteiger charge is -2.19. The van der Waals surface area contributed by atoms with Crippen molar-refractivity contribution in [2.24, 2.45) is 5.73 Å². The van der Waals surface area contributed by atoms with Crippen LogP contribution in [0, 0.1) is 6.92 Å². The van der Waals surface area contributed by atoms with E-state index >= 15 is 0 Å². The highest BCUT2D eigenvalue weighted by atomic mass is 16.5. The van der Waals surface area contributed by atoms with Gasteiger partial charge in [0.1, 0.15) is 17.2 Å². The Labute approximate surface area is 138 Å². The fourth-order valence-electron chi connectivity index (χ4n) is 2.51. The van der Waals surface area contributed by atoms with Gasteiger partial charge < -0.3 is 19.9 Å². The highest BCUT2D eigenvalue weighted by molar-refractivity contribution is 5.42. The van der Waals surface area contributed by atoms with Gasteiger partial charge >= 0.3 is 0 Å². The standard InChI is InChI=1S/C19H25NO3/c1-14-4-6-16(7-5-14)23-11-10-15(13-20)18-12-17(21-2)8-9-19(18)22-3/h4-9,12,15H,10-11,13,20H2,1-3H3. The minimum atomic E-state index is 0.158. The number of hydrogen-bond acceptors (Lipinski definition) is 4. The Morgan fingerprint density at radius 3 is 2.26 bits per heavy atom. The molecule has 23 heavy (non-hydrogen) atoms. The van der Waals surface area contributed by atoms with Crippen LogP contribution in [0.4, 0.5) is 0 Å². The molecule has 2 N–H and O–H groups in total. The van der Waals surface area contributed by atoms with Crippen LogP contribution in [0.25, 0.3) is 0 Å². The van der Waals surface area contributed by atoms with Crippen molar-refractivity contribution in [1.82, 2.24) is 0 Å². The van der Waals surface area contributed by atoms with E-state index in [0.717, 1.165) is 29.2 Å². The summed E-state index contributed by atoms with van der Waals surface area (Å²) < 4.78 is 16.6. The molecule has 0 aliphatic heterocycles. The van der Waals surface area contributed by atoms with Gasteiger partial charge in [-0.1, -0.05) is 17.7 Å². The minimum Gasteiger partial charge on any atom is -0.497 e. The van der Waals surface area contributed by atoms with Crippen molar-refractivity contribution in [3.63, 3.8) is 0 Å². The molecule has 2 aromatic carbocycles. The number of nitrogens with two attached hydrogens (primary N) is 1. The number of aryl methyl sites for hydroxylation is 1. The summed E-state index contributed by atoms with van der Waals surface area (Å²) in [7, 11) is 3.32. The average molecular weight is 315 g/mol. The van der Waals surface area contributed by atoms with Crippen molar-refractivity contribution in [2.45, 2.75) is 19.3 Å². The van der Waals surface area contributed by atoms with E-state index in [1.807, 2.05) is 42.5 Å². The quantitative estimate of drug-likeness (QED) is 0.810. The summed E-state index contributed by atoms with van der Waals surface area (Å²) in [6.45, 7) is 3.19. The van der Waals surface area contributed by atoms with Crippen molar-refractivity contribution in [3.05, 3.63) is 53.6 Å². The number of benzene rings is 2. The number of rotatable bonds is 8. The lowest BCUT2D eigenvalue weighted by Crippen LogP contribution is -2.16. The highest BCUT2D eigenvalue weighted by Crippen LogP contribution is 2.32. The van der Waals surface area contributed by atoms with Crippen molar-refractivity contribution in [1.29, 1.82) is 0 Å². The molecule has 2 rings (SSSR count). The van der Waals surface area contributed by atoms with Crippen LogP contribution >= 0.6 is 0 Å². The number of hydrogen-bond donors (Lipinski definition) is 1. The summed E-state index contributed by atoms with van der Waals surface area (Å²) in [6.07, 6.45) is 0.813. The van der Waals surface area contributed by atoms with Crippen LogP contribution in [-0.2, 0) is 0 Å². The molecule has 0 aliphatic carbocycles. The van der Waals surface area contributed by atoms with Crippen LogP contribution in [0.5, 0.6) is 17.2 Å². The van der Waals surface area contributed by atoms with E-state index in [0.29, 0.717) is 13.2 Å². The molecular formula is C19H25NO3. The Morgan fingerprint density at radius 2 is 1.65 bits per heavy atom. The molecule has 4 nitrogen and oxygen atoms in total. The van der Waals surface area contributed by atoms with E-state index in [4.69, 9.17) is 19.9 Å². The summed E-state index contributed by atoms with van der Waals surface area (Å²) in [6, 6.07) is 13.8. The Bertz CT molecular complexity index is 611. The smallest absolute Gasteiger partial charge is 0.122 e. The number of methoxy groups -OCH3 is 2. The summed E-state index contributed by atoms with van der Waals surface area (Å²) in [4.78, 5) is 0. The van der Waals surface area contributed by atoms with E-state index in [9.17, 15) is 0 Å². The third kappa shape index (κ3) is 4.63. The van der Waals surface area contributed by atoms with E-state index in [-0.39, 0.29) is 5.92 Å². The molecule has 0 fully saturated rings. The van der Waals surface area contributed by atoms with Crippen LogP contribution in [0.15, 0.2) is 42.5 Å². The fraction of sp³-hybridized carbons (Fsp3) is 0.368. The first-order chi connectivity index (χ1) is 11.2. The Morgan fingerprint density at radius 1 is 0.957 bits per heavy atom. The second-order valence-corrected chi connectivity index (χ2v) is 5.49. The maximum Gasteiger partial charge on any atom is 0.122 e. The molecule has 0 spiro atoms. The van der Waals surface area contributed by atoms with Gasteiger partial charge in [0, 0.05) is 11.5 Å². The van der Waals surface area contributed by atoms with Gasteiger partial charge in [-0.05, 0) is 50.2 Å². The fourth-order valence-corrected chi connectivity index (χ4v) is 2.51. The zero-order valence-corrected chi connectivity index (χ0v) is 14.0. The number of ether oxygens (including phenoxy) is 3. The SMILES string of the molecule is COc1ccc(OC)c(C(CN)CCOc2ccc(C)cc2)c1. The summed E-state index contributed by atoms with van der Waals surface area (Å²) in [5.74, 6) is 2.67. The molecule has 124 valence electrons. The minimum absolute atomic E-state index is 0.158. The molecule has 0 bridgehead atoms. The van der Waals surface area contributed by atoms with Crippen molar-refractivity contribution in [3.8, 4) is 17.2 Å². The molecule has 1 unspecified atom stereocenters. The summed E-state index contributed by atoms with van der Waals surface area (Å²) >= 11 is 0. The van der Waals surface area contributed by atoms with Gasteiger partial charge in [-0.15, -0.1) is 0 Å². The van der Waals surface area contributed by atoms with E-state index in [1.54, 1.807) is 14.2 Å². The Kier molecular flexibility index (Phi) is 6.29. The largest absolute Gasteiger partial charge is 0.497 e. The molecule has 0 aromatic heterocycles. The molecular weight excluding hydrogens is 290 g/mol. The van der Waals surface area contributed by atoms with Crippen molar-refractivity contribution >= 4 is 0 Å². The molecule has 0 heterocycles. The molecule has 0 saturated carbocycles. The monoisotopic (exact) mass is 315 g/mol. The lowest BCUT2D eigenvalue weighted by molar-refractivity contribution is 0.296. The normalized spacial score (nSPS) is 11.8. The first-order valence-corrected chi connectivity index (χ1v) is 7.79. The second-order valence-electron chi connectivity index (χ2n) is 5.49. The lowest BCUT2D eigenvalue weighted by atomic mass is 9.95. The van der Waals surface area contributed by atoms with Crippen molar-refractivity contribution in [2.75, 3.05) is 27.4 Å². The van der Waals surface area contributed by atoms with Crippen molar-refractivity contribution < 1.29 is 14.2 Å². The molecule has 0 radical (unpaired) electrons. The average Bonchev–Trinajstić information content (AvgIpc) is 2.60. The first kappa shape index (κ1) is 17.2. The predicted octanol–water partition coefficient (Wildman–Crippen LogP) is 3.52. The van der Waals surface area contributed by atoms with Gasteiger partial charge in [-0.25, -0.2) is 0 Å². The van der Waals surface area contributed by atoms with Crippen LogP contribution in [0.1, 0.15) is 23.5 Å². The predicted molar refractivity (Wildman–Crippen MR) is 92.6 cm³/mol. The van der Waals surface area contributed by atoms with E-state index < -0.39 is 0 Å². The van der Waals surface area contributed by atoms with Crippen LogP contribution in [0.3, 0.4) is 0 Å². The third-order valence-corrected chi connectivity index (χ3v) is 3.92. The van der Waals surface area contributed by atoms with E-state index in [2.05, 4.69) is 6.92 Å². The molecule has 2 aromatic rings. The van der Waals surface area contributed by atoms with Crippen LogP contribution in [0.2, 0.25) is 0 Å². The van der Waals surface area contributed by atoms with Gasteiger partial charge in [0.05, 0.1) is 20.8 Å². The molecule has 0 amide bonds. The van der Waals surface area contributed by atoms with Gasteiger partial charge in [-0.3, -0.25) is 0 Å². The Balaban J connectivity index is 2.03. The summed E-state index contributed by atoms with van der Waals surface area (Å²) in [5.41, 5.74) is 8.25. The molecule has 1 atom stereocenters. The maximum absolute atomic E-state index is 5.97. The zero-order valence-electron chi connectivity index (χ0n) is 14.0. The summed E-state index contributed by atoms with van der Waals surface area (Å²) in [5, 5.41) is 0. The topological polar surface area (TPSA) is 53.7 Å². The molecule has 0 saturated heterocycles. The van der Waals surface area contributed by atoms with Gasteiger partial charge in [0.25, 0.3) is 0 Å². The van der Waals surface area contributed by atoms with Gasteiger partial charge in [0.15, 0.2) is 0 Å². The third-order valence-electron chi connectivity index (χ3n) is 3.92. The Hall–Kier alpha value is -2.20. The van der Waals surface area contributed by atoms with Gasteiger partial charge in [-0.2, -0.15) is 0 Å². The molecule has 0 aliphatic rings.